The third-order valence-electron chi connectivity index (χ3n) is 1.40. The number of hydrogen-bond acceptors (Lipinski definition) is 0. The lowest BCUT2D eigenvalue weighted by Gasteiger charge is -2.06. The van der Waals surface area contributed by atoms with Crippen molar-refractivity contribution in [3.63, 3.8) is 0 Å². The van der Waals surface area contributed by atoms with Gasteiger partial charge in [0.2, 0.25) is 0 Å². The minimum atomic E-state index is -4.50. The topological polar surface area (TPSA) is 0 Å². The van der Waals surface area contributed by atoms with Gasteiger partial charge in [-0.3, -0.25) is 0 Å². The monoisotopic (exact) mass is 195 g/mol. The van der Waals surface area contributed by atoms with Gasteiger partial charge in [-0.25, -0.2) is 8.78 Å². The third kappa shape index (κ3) is 2.40. The van der Waals surface area contributed by atoms with Crippen LogP contribution in [0, 0.1) is 6.07 Å². The van der Waals surface area contributed by atoms with Crippen LogP contribution in [0.3, 0.4) is 0 Å². The van der Waals surface area contributed by atoms with E-state index >= 15 is 0 Å². The molecule has 0 nitrogen and oxygen atoms in total. The molecule has 13 heavy (non-hydrogen) atoms. The predicted molar refractivity (Wildman–Crippen MR) is 35.2 cm³/mol. The van der Waals surface area contributed by atoms with Crippen molar-refractivity contribution in [2.45, 2.75) is 12.6 Å². The van der Waals surface area contributed by atoms with Gasteiger partial charge in [0.25, 0.3) is 6.43 Å². The van der Waals surface area contributed by atoms with E-state index in [1.807, 2.05) is 6.07 Å². The first-order chi connectivity index (χ1) is 5.91. The Morgan fingerprint density at radius 1 is 1.15 bits per heavy atom. The summed E-state index contributed by atoms with van der Waals surface area (Å²) in [4.78, 5) is 0. The summed E-state index contributed by atoms with van der Waals surface area (Å²) in [6, 6.07) is 3.71. The fourth-order valence-electron chi connectivity index (χ4n) is 0.749. The first-order valence-corrected chi connectivity index (χ1v) is 3.28. The zero-order valence-electron chi connectivity index (χ0n) is 6.20. The highest BCUT2D eigenvalue weighted by Gasteiger charge is 2.30. The molecule has 0 spiro atoms. The maximum Gasteiger partial charge on any atom is 0.416 e. The quantitative estimate of drug-likeness (QED) is 0.602. The van der Waals surface area contributed by atoms with E-state index in [1.165, 1.54) is 0 Å². The Kier molecular flexibility index (Phi) is 2.54. The molecule has 1 radical (unpaired) electrons. The van der Waals surface area contributed by atoms with Crippen LogP contribution in [-0.2, 0) is 6.18 Å². The largest absolute Gasteiger partial charge is 0.416 e. The van der Waals surface area contributed by atoms with Gasteiger partial charge >= 0.3 is 6.18 Å². The number of rotatable bonds is 1. The van der Waals surface area contributed by atoms with Crippen molar-refractivity contribution in [2.24, 2.45) is 0 Å². The van der Waals surface area contributed by atoms with E-state index in [-0.39, 0.29) is 0 Å². The fraction of sp³-hybridized carbons (Fsp3) is 0.250. The first-order valence-electron chi connectivity index (χ1n) is 3.28. The molecular formula is C8H4F5. The molecule has 1 aromatic carbocycles. The first kappa shape index (κ1) is 9.95. The molecule has 5 heteroatoms. The molecule has 0 aliphatic carbocycles. The molecule has 0 heterocycles. The molecule has 0 atom stereocenters. The van der Waals surface area contributed by atoms with Crippen LogP contribution < -0.4 is 0 Å². The summed E-state index contributed by atoms with van der Waals surface area (Å²) in [5.74, 6) is 0. The normalized spacial score (nSPS) is 12.2. The molecule has 0 unspecified atom stereocenters. The molecule has 1 aromatic rings. The lowest BCUT2D eigenvalue weighted by atomic mass is 10.1. The molecule has 0 N–H and O–H groups in total. The van der Waals surface area contributed by atoms with Crippen LogP contribution in [0.15, 0.2) is 18.2 Å². The van der Waals surface area contributed by atoms with Crippen LogP contribution in [0.4, 0.5) is 22.0 Å². The zero-order valence-corrected chi connectivity index (χ0v) is 6.20. The Balaban J connectivity index is 2.94. The van der Waals surface area contributed by atoms with Gasteiger partial charge in [0, 0.05) is 5.56 Å². The minimum Gasteiger partial charge on any atom is -0.205 e. The van der Waals surface area contributed by atoms with Crippen molar-refractivity contribution in [1.29, 1.82) is 0 Å². The lowest BCUT2D eigenvalue weighted by molar-refractivity contribution is -0.137. The molecule has 0 saturated heterocycles. The average molecular weight is 195 g/mol. The van der Waals surface area contributed by atoms with Crippen LogP contribution in [0.5, 0.6) is 0 Å². The molecule has 0 aliphatic heterocycles. The lowest BCUT2D eigenvalue weighted by Crippen LogP contribution is -2.04. The molecule has 0 saturated carbocycles. The van der Waals surface area contributed by atoms with Gasteiger partial charge in [0.15, 0.2) is 0 Å². The van der Waals surface area contributed by atoms with Crippen LogP contribution in [0.2, 0.25) is 0 Å². The van der Waals surface area contributed by atoms with E-state index in [2.05, 4.69) is 0 Å². The maximum absolute atomic E-state index is 11.9. The van der Waals surface area contributed by atoms with Crippen molar-refractivity contribution in [3.8, 4) is 0 Å². The molecule has 1 rings (SSSR count). The van der Waals surface area contributed by atoms with Crippen molar-refractivity contribution in [2.75, 3.05) is 0 Å². The van der Waals surface area contributed by atoms with Crippen LogP contribution in [0.1, 0.15) is 17.6 Å². The summed E-state index contributed by atoms with van der Waals surface area (Å²) in [7, 11) is 0. The van der Waals surface area contributed by atoms with E-state index in [9.17, 15) is 22.0 Å². The van der Waals surface area contributed by atoms with Gasteiger partial charge in [-0.2, -0.15) is 13.2 Å². The second-order valence-corrected chi connectivity index (χ2v) is 2.33. The molecule has 0 amide bonds. The van der Waals surface area contributed by atoms with Crippen molar-refractivity contribution in [3.05, 3.63) is 35.4 Å². The van der Waals surface area contributed by atoms with Gasteiger partial charge in [0.1, 0.15) is 0 Å². The molecule has 0 fully saturated rings. The van der Waals surface area contributed by atoms with Crippen molar-refractivity contribution < 1.29 is 22.0 Å². The highest BCUT2D eigenvalue weighted by atomic mass is 19.4. The Labute approximate surface area is 71.0 Å². The predicted octanol–water partition coefficient (Wildman–Crippen LogP) is 3.44. The number of hydrogen-bond donors (Lipinski definition) is 0. The van der Waals surface area contributed by atoms with Gasteiger partial charge in [-0.1, -0.05) is 6.07 Å². The minimum absolute atomic E-state index is 0.515. The van der Waals surface area contributed by atoms with Crippen molar-refractivity contribution >= 4 is 0 Å². The van der Waals surface area contributed by atoms with Crippen LogP contribution in [-0.4, -0.2) is 0 Å². The van der Waals surface area contributed by atoms with Gasteiger partial charge < -0.3 is 0 Å². The Morgan fingerprint density at radius 3 is 2.08 bits per heavy atom. The highest BCUT2D eigenvalue weighted by Crippen LogP contribution is 2.30. The van der Waals surface area contributed by atoms with Gasteiger partial charge in [-0.15, -0.1) is 0 Å². The van der Waals surface area contributed by atoms with E-state index < -0.39 is 23.7 Å². The number of benzene rings is 1. The van der Waals surface area contributed by atoms with Crippen LogP contribution >= 0.6 is 0 Å². The van der Waals surface area contributed by atoms with E-state index in [0.29, 0.717) is 18.2 Å². The van der Waals surface area contributed by atoms with Gasteiger partial charge in [-0.05, 0) is 18.2 Å². The Morgan fingerprint density at radius 2 is 1.77 bits per heavy atom. The molecule has 0 bridgehead atoms. The summed E-state index contributed by atoms with van der Waals surface area (Å²) in [5.41, 5.74) is -1.51. The Hall–Kier alpha value is -1.13. The zero-order chi connectivity index (χ0) is 10.1. The SMILES string of the molecule is FC(F)c1[c]cc(C(F)(F)F)cc1. The maximum atomic E-state index is 11.9. The summed E-state index contributed by atoms with van der Waals surface area (Å²) in [6.45, 7) is 0. The summed E-state index contributed by atoms with van der Waals surface area (Å²) in [6.07, 6.45) is -7.29. The smallest absolute Gasteiger partial charge is 0.205 e. The van der Waals surface area contributed by atoms with Crippen LogP contribution in [0.25, 0.3) is 0 Å². The molecule has 0 aromatic heterocycles. The standard InChI is InChI=1S/C8H4F5/c9-7(10)5-1-3-6(4-2-5)8(11,12)13/h1,3-4,7H. The fourth-order valence-corrected chi connectivity index (χ4v) is 0.749. The second kappa shape index (κ2) is 3.32. The summed E-state index contributed by atoms with van der Waals surface area (Å²) >= 11 is 0. The molecule has 0 aliphatic rings. The highest BCUT2D eigenvalue weighted by molar-refractivity contribution is 5.23. The number of alkyl halides is 5. The van der Waals surface area contributed by atoms with E-state index in [0.717, 1.165) is 0 Å². The summed E-state index contributed by atoms with van der Waals surface area (Å²) in [5, 5.41) is 0. The molecule has 71 valence electrons. The third-order valence-corrected chi connectivity index (χ3v) is 1.40. The Bertz CT molecular complexity index is 272. The van der Waals surface area contributed by atoms with E-state index in [4.69, 9.17) is 0 Å². The number of halogens is 5. The van der Waals surface area contributed by atoms with E-state index in [1.54, 1.807) is 0 Å². The average Bonchev–Trinajstić information content (AvgIpc) is 2.03. The van der Waals surface area contributed by atoms with Gasteiger partial charge in [0.05, 0.1) is 5.56 Å². The summed E-state index contributed by atoms with van der Waals surface area (Å²) < 4.78 is 59.5. The van der Waals surface area contributed by atoms with Crippen molar-refractivity contribution in [1.82, 2.24) is 0 Å². The molecular weight excluding hydrogens is 191 g/mol. The second-order valence-electron chi connectivity index (χ2n) is 2.33.